The monoisotopic (exact) mass is 298 g/mol. The lowest BCUT2D eigenvalue weighted by atomic mass is 10.2. The minimum absolute atomic E-state index is 0.229. The lowest BCUT2D eigenvalue weighted by molar-refractivity contribution is 0.0263. The third-order valence-corrected chi connectivity index (χ3v) is 3.69. The minimum Gasteiger partial charge on any atom is -0.444 e. The number of ether oxygens (including phenoxy) is 1. The number of anilines is 1. The van der Waals surface area contributed by atoms with E-state index in [9.17, 15) is 4.79 Å². The first-order valence-electron chi connectivity index (χ1n) is 6.89. The van der Waals surface area contributed by atoms with Gasteiger partial charge in [-0.05, 0) is 34.1 Å². The molecule has 0 aliphatic carbocycles. The van der Waals surface area contributed by atoms with Crippen LogP contribution < -0.4 is 4.90 Å². The molecule has 1 fully saturated rings. The Morgan fingerprint density at radius 1 is 1.20 bits per heavy atom. The van der Waals surface area contributed by atoms with Gasteiger partial charge in [-0.1, -0.05) is 0 Å². The molecule has 0 unspecified atom stereocenters. The maximum absolute atomic E-state index is 12.1. The molecular weight excluding hydrogens is 276 g/mol. The predicted octanol–water partition coefficient (Wildman–Crippen LogP) is 2.29. The van der Waals surface area contributed by atoms with Gasteiger partial charge in [0.25, 0.3) is 0 Å². The van der Waals surface area contributed by atoms with Crippen molar-refractivity contribution < 1.29 is 9.53 Å². The van der Waals surface area contributed by atoms with Gasteiger partial charge in [-0.15, -0.1) is 0 Å². The number of aromatic nitrogens is 2. The third kappa shape index (κ3) is 3.82. The highest BCUT2D eigenvalue weighted by Gasteiger charge is 2.25. The van der Waals surface area contributed by atoms with Crippen LogP contribution in [0.3, 0.4) is 0 Å². The zero-order valence-electron chi connectivity index (χ0n) is 12.5. The van der Waals surface area contributed by atoms with Crippen LogP contribution >= 0.6 is 11.7 Å². The number of nitrogens with zero attached hydrogens (tertiary/aromatic N) is 4. The maximum atomic E-state index is 12.1. The molecule has 1 aliphatic rings. The summed E-state index contributed by atoms with van der Waals surface area (Å²) in [5.41, 5.74) is 0.513. The molecule has 6 nitrogen and oxygen atoms in total. The van der Waals surface area contributed by atoms with Gasteiger partial charge in [0, 0.05) is 26.2 Å². The van der Waals surface area contributed by atoms with Gasteiger partial charge in [0.05, 0.1) is 17.4 Å². The molecule has 0 radical (unpaired) electrons. The highest BCUT2D eigenvalue weighted by molar-refractivity contribution is 6.99. The summed E-state index contributed by atoms with van der Waals surface area (Å²) in [5, 5.41) is 0. The van der Waals surface area contributed by atoms with Crippen molar-refractivity contribution in [2.45, 2.75) is 39.7 Å². The van der Waals surface area contributed by atoms with Crippen LogP contribution in [0.5, 0.6) is 0 Å². The Morgan fingerprint density at radius 2 is 1.95 bits per heavy atom. The average Bonchev–Trinajstić information content (AvgIpc) is 2.62. The highest BCUT2D eigenvalue weighted by Crippen LogP contribution is 2.19. The Hall–Kier alpha value is -1.37. The molecule has 0 saturated carbocycles. The van der Waals surface area contributed by atoms with Gasteiger partial charge in [0.1, 0.15) is 5.60 Å². The average molecular weight is 298 g/mol. The lowest BCUT2D eigenvalue weighted by Crippen LogP contribution is -2.39. The van der Waals surface area contributed by atoms with Crippen molar-refractivity contribution >= 4 is 23.6 Å². The van der Waals surface area contributed by atoms with E-state index in [-0.39, 0.29) is 6.09 Å². The first-order valence-corrected chi connectivity index (χ1v) is 7.62. The van der Waals surface area contributed by atoms with Gasteiger partial charge in [-0.3, -0.25) is 0 Å². The number of carbonyl (C=O) groups is 1. The number of rotatable bonds is 1. The van der Waals surface area contributed by atoms with E-state index in [4.69, 9.17) is 4.74 Å². The van der Waals surface area contributed by atoms with E-state index < -0.39 is 5.60 Å². The SMILES string of the molecule is Cc1nsnc1N1CCCN(C(=O)OC(C)(C)C)CC1. The van der Waals surface area contributed by atoms with E-state index in [1.165, 1.54) is 11.7 Å². The Balaban J connectivity index is 1.96. The van der Waals surface area contributed by atoms with E-state index in [1.54, 1.807) is 4.90 Å². The second-order valence-electron chi connectivity index (χ2n) is 5.98. The van der Waals surface area contributed by atoms with E-state index in [0.29, 0.717) is 6.54 Å². The van der Waals surface area contributed by atoms with Crippen molar-refractivity contribution in [3.63, 3.8) is 0 Å². The minimum atomic E-state index is -0.446. The zero-order valence-corrected chi connectivity index (χ0v) is 13.4. The van der Waals surface area contributed by atoms with Crippen LogP contribution in [0.4, 0.5) is 10.6 Å². The second kappa shape index (κ2) is 5.95. The summed E-state index contributed by atoms with van der Waals surface area (Å²) in [5.74, 6) is 0.945. The molecule has 2 rings (SSSR count). The molecule has 0 N–H and O–H groups in total. The van der Waals surface area contributed by atoms with Crippen LogP contribution in [0, 0.1) is 6.92 Å². The van der Waals surface area contributed by atoms with Crippen LogP contribution in [0.25, 0.3) is 0 Å². The summed E-state index contributed by atoms with van der Waals surface area (Å²) in [4.78, 5) is 16.1. The molecule has 1 saturated heterocycles. The molecule has 1 amide bonds. The smallest absolute Gasteiger partial charge is 0.410 e. The van der Waals surface area contributed by atoms with Crippen molar-refractivity contribution in [3.05, 3.63) is 5.69 Å². The Labute approximate surface area is 124 Å². The molecule has 1 aliphatic heterocycles. The van der Waals surface area contributed by atoms with Gasteiger partial charge >= 0.3 is 6.09 Å². The summed E-state index contributed by atoms with van der Waals surface area (Å²) in [7, 11) is 0. The zero-order chi connectivity index (χ0) is 14.8. The Kier molecular flexibility index (Phi) is 4.47. The van der Waals surface area contributed by atoms with Crippen molar-refractivity contribution in [2.24, 2.45) is 0 Å². The Bertz CT molecular complexity index is 469. The van der Waals surface area contributed by atoms with Gasteiger partial charge in [0.2, 0.25) is 0 Å². The summed E-state index contributed by atoms with van der Waals surface area (Å²) < 4.78 is 14.0. The van der Waals surface area contributed by atoms with Gasteiger partial charge in [0.15, 0.2) is 5.82 Å². The fourth-order valence-electron chi connectivity index (χ4n) is 2.15. The third-order valence-electron chi connectivity index (χ3n) is 3.08. The van der Waals surface area contributed by atoms with Crippen LogP contribution in [0.2, 0.25) is 0 Å². The standard InChI is InChI=1S/C13H22N4O2S/c1-10-11(15-20-14-10)16-6-5-7-17(9-8-16)12(18)19-13(2,3)4/h5-9H2,1-4H3. The van der Waals surface area contributed by atoms with Crippen molar-refractivity contribution in [2.75, 3.05) is 31.1 Å². The second-order valence-corrected chi connectivity index (χ2v) is 6.51. The number of hydrogen-bond acceptors (Lipinski definition) is 6. The first kappa shape index (κ1) is 15.0. The highest BCUT2D eigenvalue weighted by atomic mass is 32.1. The largest absolute Gasteiger partial charge is 0.444 e. The van der Waals surface area contributed by atoms with Crippen LogP contribution in [-0.4, -0.2) is 51.5 Å². The Morgan fingerprint density at radius 3 is 2.55 bits per heavy atom. The fourth-order valence-corrected chi connectivity index (χ4v) is 2.72. The molecule has 0 spiro atoms. The van der Waals surface area contributed by atoms with Gasteiger partial charge in [-0.2, -0.15) is 8.75 Å². The summed E-state index contributed by atoms with van der Waals surface area (Å²) in [6.07, 6.45) is 0.684. The summed E-state index contributed by atoms with van der Waals surface area (Å²) in [6, 6.07) is 0. The molecule has 1 aromatic heterocycles. The van der Waals surface area contributed by atoms with E-state index in [2.05, 4.69) is 13.6 Å². The number of hydrogen-bond donors (Lipinski definition) is 0. The summed E-state index contributed by atoms with van der Waals surface area (Å²) >= 11 is 1.23. The molecular formula is C13H22N4O2S. The van der Waals surface area contributed by atoms with E-state index >= 15 is 0 Å². The molecule has 0 atom stereocenters. The van der Waals surface area contributed by atoms with Crippen LogP contribution in [0.15, 0.2) is 0 Å². The normalized spacial score (nSPS) is 17.0. The van der Waals surface area contributed by atoms with Gasteiger partial charge in [-0.25, -0.2) is 4.79 Å². The van der Waals surface area contributed by atoms with Crippen molar-refractivity contribution in [1.82, 2.24) is 13.6 Å². The van der Waals surface area contributed by atoms with Crippen LogP contribution in [-0.2, 0) is 4.74 Å². The predicted molar refractivity (Wildman–Crippen MR) is 79.3 cm³/mol. The maximum Gasteiger partial charge on any atom is 0.410 e. The number of carbonyl (C=O) groups excluding carboxylic acids is 1. The summed E-state index contributed by atoms with van der Waals surface area (Å²) in [6.45, 7) is 10.7. The van der Waals surface area contributed by atoms with Crippen molar-refractivity contribution in [1.29, 1.82) is 0 Å². The number of aryl methyl sites for hydroxylation is 1. The molecule has 0 aromatic carbocycles. The number of amides is 1. The topological polar surface area (TPSA) is 58.6 Å². The quantitative estimate of drug-likeness (QED) is 0.796. The van der Waals surface area contributed by atoms with E-state index in [1.807, 2.05) is 27.7 Å². The van der Waals surface area contributed by atoms with Gasteiger partial charge < -0.3 is 14.5 Å². The van der Waals surface area contributed by atoms with Crippen LogP contribution in [0.1, 0.15) is 32.9 Å². The molecule has 112 valence electrons. The molecule has 1 aromatic rings. The molecule has 0 bridgehead atoms. The van der Waals surface area contributed by atoms with E-state index in [0.717, 1.165) is 37.6 Å². The molecule has 20 heavy (non-hydrogen) atoms. The molecule has 2 heterocycles. The lowest BCUT2D eigenvalue weighted by Gasteiger charge is -2.26. The van der Waals surface area contributed by atoms with Crippen molar-refractivity contribution in [3.8, 4) is 0 Å². The molecule has 7 heteroatoms. The fraction of sp³-hybridized carbons (Fsp3) is 0.769. The first-order chi connectivity index (χ1) is 9.37.